The molecule has 4 heteroatoms. The minimum Gasteiger partial charge on any atom is -0.330 e. The summed E-state index contributed by atoms with van der Waals surface area (Å²) in [5.74, 6) is 0.545. The van der Waals surface area contributed by atoms with E-state index in [0.29, 0.717) is 18.9 Å². The van der Waals surface area contributed by atoms with E-state index >= 15 is 0 Å². The molecule has 0 spiro atoms. The Bertz CT molecular complexity index is 424. The van der Waals surface area contributed by atoms with Crippen LogP contribution in [0.15, 0.2) is 12.1 Å². The third-order valence-electron chi connectivity index (χ3n) is 3.97. The van der Waals surface area contributed by atoms with Crippen molar-refractivity contribution in [1.82, 2.24) is 4.68 Å². The summed E-state index contributed by atoms with van der Waals surface area (Å²) in [6.07, 6.45) is 2.39. The molecule has 0 radical (unpaired) electrons. The van der Waals surface area contributed by atoms with Gasteiger partial charge in [0.1, 0.15) is 0 Å². The fraction of sp³-hybridized carbons (Fsp3) is 0.688. The van der Waals surface area contributed by atoms with Crippen molar-refractivity contribution in [3.05, 3.63) is 23.5 Å². The first-order chi connectivity index (χ1) is 9.25. The van der Waals surface area contributed by atoms with Gasteiger partial charge < -0.3 is 5.73 Å². The van der Waals surface area contributed by atoms with E-state index < -0.39 is 0 Å². The third kappa shape index (κ3) is 4.67. The molecule has 0 aliphatic heterocycles. The first-order valence-corrected chi connectivity index (χ1v) is 7.40. The average molecular weight is 279 g/mol. The molecule has 0 aromatic carbocycles. The van der Waals surface area contributed by atoms with Gasteiger partial charge in [-0.1, -0.05) is 20.8 Å². The zero-order chi connectivity index (χ0) is 15.3. The van der Waals surface area contributed by atoms with Crippen molar-refractivity contribution in [2.75, 3.05) is 12.0 Å². The smallest absolute Gasteiger partial charge is 0.238 e. The lowest BCUT2D eigenvalue weighted by Crippen LogP contribution is -2.28. The molecule has 1 unspecified atom stereocenters. The van der Waals surface area contributed by atoms with E-state index in [1.807, 2.05) is 30.7 Å². The molecule has 0 fully saturated rings. The fourth-order valence-electron chi connectivity index (χ4n) is 2.54. The highest BCUT2D eigenvalue weighted by molar-refractivity contribution is 5.83. The standard InChI is InChI=1S/C16H29N3O/c1-12-6-7-13(2)19(12)18-15(20)9-8-14(10-11-17)16(3,4)5/h6-7,14H,8-11,17H2,1-5H3,(H,18,20). The molecule has 114 valence electrons. The molecule has 0 saturated carbocycles. The molecule has 1 heterocycles. The number of carbonyl (C=O) groups excluding carboxylic acids is 1. The molecular formula is C16H29N3O. The normalized spacial score (nSPS) is 13.3. The van der Waals surface area contributed by atoms with Crippen molar-refractivity contribution in [3.8, 4) is 0 Å². The number of aromatic nitrogens is 1. The first kappa shape index (κ1) is 16.8. The van der Waals surface area contributed by atoms with Gasteiger partial charge in [0, 0.05) is 17.8 Å². The van der Waals surface area contributed by atoms with Crippen molar-refractivity contribution in [1.29, 1.82) is 0 Å². The molecule has 1 aromatic rings. The number of hydrogen-bond acceptors (Lipinski definition) is 2. The number of amides is 1. The quantitative estimate of drug-likeness (QED) is 0.841. The van der Waals surface area contributed by atoms with Crippen LogP contribution in [-0.4, -0.2) is 17.1 Å². The van der Waals surface area contributed by atoms with Crippen LogP contribution >= 0.6 is 0 Å². The zero-order valence-corrected chi connectivity index (χ0v) is 13.5. The SMILES string of the molecule is Cc1ccc(C)n1NC(=O)CCC(CCN)C(C)(C)C. The third-order valence-corrected chi connectivity index (χ3v) is 3.97. The van der Waals surface area contributed by atoms with Crippen molar-refractivity contribution >= 4 is 5.91 Å². The van der Waals surface area contributed by atoms with Gasteiger partial charge in [0.15, 0.2) is 0 Å². The second kappa shape index (κ2) is 6.93. The van der Waals surface area contributed by atoms with E-state index in [0.717, 1.165) is 24.2 Å². The zero-order valence-electron chi connectivity index (χ0n) is 13.5. The summed E-state index contributed by atoms with van der Waals surface area (Å²) in [6, 6.07) is 4.00. The molecule has 4 nitrogen and oxygen atoms in total. The Kier molecular flexibility index (Phi) is 5.81. The van der Waals surface area contributed by atoms with Crippen molar-refractivity contribution in [2.45, 2.75) is 53.9 Å². The second-order valence-electron chi connectivity index (χ2n) is 6.67. The van der Waals surface area contributed by atoms with Crippen LogP contribution in [0.5, 0.6) is 0 Å². The average Bonchev–Trinajstić information content (AvgIpc) is 2.64. The Morgan fingerprint density at radius 1 is 1.25 bits per heavy atom. The topological polar surface area (TPSA) is 60.0 Å². The van der Waals surface area contributed by atoms with Crippen LogP contribution in [-0.2, 0) is 4.79 Å². The van der Waals surface area contributed by atoms with Crippen molar-refractivity contribution in [3.63, 3.8) is 0 Å². The van der Waals surface area contributed by atoms with Gasteiger partial charge in [0.25, 0.3) is 0 Å². The maximum absolute atomic E-state index is 12.1. The molecule has 0 bridgehead atoms. The van der Waals surface area contributed by atoms with Crippen LogP contribution in [0.1, 0.15) is 51.4 Å². The lowest BCUT2D eigenvalue weighted by molar-refractivity contribution is -0.117. The van der Waals surface area contributed by atoms with Crippen LogP contribution in [0, 0.1) is 25.2 Å². The largest absolute Gasteiger partial charge is 0.330 e. The summed E-state index contributed by atoms with van der Waals surface area (Å²) in [7, 11) is 0. The number of nitrogens with two attached hydrogens (primary N) is 1. The van der Waals surface area contributed by atoms with Gasteiger partial charge >= 0.3 is 0 Å². The van der Waals surface area contributed by atoms with Crippen LogP contribution < -0.4 is 11.2 Å². The summed E-state index contributed by atoms with van der Waals surface area (Å²) >= 11 is 0. The Balaban J connectivity index is 2.54. The summed E-state index contributed by atoms with van der Waals surface area (Å²) in [5.41, 5.74) is 10.9. The Morgan fingerprint density at radius 2 is 1.80 bits per heavy atom. The van der Waals surface area contributed by atoms with E-state index in [2.05, 4.69) is 26.2 Å². The molecule has 3 N–H and O–H groups in total. The number of nitrogens with zero attached hydrogens (tertiary/aromatic N) is 1. The highest BCUT2D eigenvalue weighted by atomic mass is 16.2. The minimum absolute atomic E-state index is 0.0682. The predicted molar refractivity (Wildman–Crippen MR) is 84.1 cm³/mol. The predicted octanol–water partition coefficient (Wildman–Crippen LogP) is 2.97. The highest BCUT2D eigenvalue weighted by Crippen LogP contribution is 2.32. The van der Waals surface area contributed by atoms with Gasteiger partial charge in [-0.25, -0.2) is 0 Å². The van der Waals surface area contributed by atoms with Gasteiger partial charge in [-0.15, -0.1) is 0 Å². The van der Waals surface area contributed by atoms with Gasteiger partial charge in [-0.2, -0.15) is 0 Å². The molecular weight excluding hydrogens is 250 g/mol. The summed E-state index contributed by atoms with van der Waals surface area (Å²) in [6.45, 7) is 11.3. The van der Waals surface area contributed by atoms with Crippen molar-refractivity contribution in [2.24, 2.45) is 17.1 Å². The van der Waals surface area contributed by atoms with Crippen LogP contribution in [0.3, 0.4) is 0 Å². The van der Waals surface area contributed by atoms with Crippen LogP contribution in [0.4, 0.5) is 0 Å². The molecule has 1 amide bonds. The molecule has 0 aliphatic carbocycles. The van der Waals surface area contributed by atoms with Crippen LogP contribution in [0.25, 0.3) is 0 Å². The van der Waals surface area contributed by atoms with Gasteiger partial charge in [-0.05, 0) is 56.7 Å². The molecule has 20 heavy (non-hydrogen) atoms. The molecule has 0 aliphatic rings. The second-order valence-corrected chi connectivity index (χ2v) is 6.67. The lowest BCUT2D eigenvalue weighted by atomic mass is 9.76. The number of hydrogen-bond donors (Lipinski definition) is 2. The van der Waals surface area contributed by atoms with Gasteiger partial charge in [0.2, 0.25) is 5.91 Å². The first-order valence-electron chi connectivity index (χ1n) is 7.40. The molecule has 1 rings (SSSR count). The molecule has 1 atom stereocenters. The lowest BCUT2D eigenvalue weighted by Gasteiger charge is -2.30. The number of nitrogens with one attached hydrogen (secondary N) is 1. The Hall–Kier alpha value is -1.29. The Labute approximate surface area is 122 Å². The highest BCUT2D eigenvalue weighted by Gasteiger charge is 2.24. The Morgan fingerprint density at radius 3 is 2.25 bits per heavy atom. The molecule has 1 aromatic heterocycles. The van der Waals surface area contributed by atoms with E-state index in [1.165, 1.54) is 0 Å². The summed E-state index contributed by atoms with van der Waals surface area (Å²) in [4.78, 5) is 12.1. The van der Waals surface area contributed by atoms with E-state index in [1.54, 1.807) is 0 Å². The summed E-state index contributed by atoms with van der Waals surface area (Å²) < 4.78 is 1.84. The number of rotatable bonds is 6. The molecule has 0 saturated heterocycles. The summed E-state index contributed by atoms with van der Waals surface area (Å²) in [5, 5.41) is 0. The van der Waals surface area contributed by atoms with Gasteiger partial charge in [-0.3, -0.25) is 14.9 Å². The van der Waals surface area contributed by atoms with E-state index in [4.69, 9.17) is 5.73 Å². The fourth-order valence-corrected chi connectivity index (χ4v) is 2.54. The van der Waals surface area contributed by atoms with E-state index in [-0.39, 0.29) is 11.3 Å². The number of carbonyl (C=O) groups is 1. The van der Waals surface area contributed by atoms with Crippen LogP contribution in [0.2, 0.25) is 0 Å². The monoisotopic (exact) mass is 279 g/mol. The maximum atomic E-state index is 12.1. The van der Waals surface area contributed by atoms with E-state index in [9.17, 15) is 4.79 Å². The minimum atomic E-state index is 0.0682. The number of aryl methyl sites for hydroxylation is 2. The maximum Gasteiger partial charge on any atom is 0.238 e. The van der Waals surface area contributed by atoms with Crippen molar-refractivity contribution < 1.29 is 4.79 Å². The van der Waals surface area contributed by atoms with Gasteiger partial charge in [0.05, 0.1) is 0 Å².